The van der Waals surface area contributed by atoms with E-state index in [0.717, 1.165) is 43.1 Å². The maximum absolute atomic E-state index is 4.54. The number of benzene rings is 1. The number of fused-ring (bicyclic) bond motifs is 1. The first-order valence-electron chi connectivity index (χ1n) is 8.99. The Hall–Kier alpha value is -2.40. The smallest absolute Gasteiger partial charge is 0.157 e. The summed E-state index contributed by atoms with van der Waals surface area (Å²) in [6.45, 7) is 4.27. The van der Waals surface area contributed by atoms with Crippen molar-refractivity contribution in [3.63, 3.8) is 0 Å². The van der Waals surface area contributed by atoms with Crippen LogP contribution < -0.4 is 5.32 Å². The van der Waals surface area contributed by atoms with Crippen LogP contribution in [0.25, 0.3) is 5.65 Å². The lowest BCUT2D eigenvalue weighted by atomic mass is 9.87. The third-order valence-corrected chi connectivity index (χ3v) is 5.10. The van der Waals surface area contributed by atoms with E-state index in [1.807, 2.05) is 23.7 Å². The van der Waals surface area contributed by atoms with Gasteiger partial charge in [-0.1, -0.05) is 30.3 Å². The molecule has 3 aromatic rings. The normalized spacial score (nSPS) is 21.5. The minimum atomic E-state index is 0.436. The van der Waals surface area contributed by atoms with Gasteiger partial charge in [0.1, 0.15) is 5.82 Å². The summed E-state index contributed by atoms with van der Waals surface area (Å²) in [5, 5.41) is 8.21. The van der Waals surface area contributed by atoms with Gasteiger partial charge in [-0.25, -0.2) is 4.98 Å². The summed E-state index contributed by atoms with van der Waals surface area (Å²) in [5.41, 5.74) is 3.32. The average molecular weight is 335 g/mol. The molecule has 4 rings (SSSR count). The molecule has 0 amide bonds. The van der Waals surface area contributed by atoms with Crippen molar-refractivity contribution in [1.29, 1.82) is 0 Å². The molecule has 1 aliphatic heterocycles. The first kappa shape index (κ1) is 16.1. The minimum Gasteiger partial charge on any atom is -0.367 e. The zero-order valence-corrected chi connectivity index (χ0v) is 14.9. The Morgan fingerprint density at radius 3 is 2.88 bits per heavy atom. The van der Waals surface area contributed by atoms with E-state index in [9.17, 15) is 0 Å². The van der Waals surface area contributed by atoms with Gasteiger partial charge in [0.05, 0.1) is 6.20 Å². The molecule has 0 radical (unpaired) electrons. The van der Waals surface area contributed by atoms with Crippen LogP contribution in [0.2, 0.25) is 0 Å². The van der Waals surface area contributed by atoms with E-state index < -0.39 is 0 Å². The molecule has 130 valence electrons. The van der Waals surface area contributed by atoms with E-state index in [-0.39, 0.29) is 0 Å². The summed E-state index contributed by atoms with van der Waals surface area (Å²) >= 11 is 0. The molecule has 3 heterocycles. The van der Waals surface area contributed by atoms with Crippen molar-refractivity contribution < 1.29 is 0 Å². The molecular formula is C20H25N5. The van der Waals surface area contributed by atoms with E-state index >= 15 is 0 Å². The number of anilines is 1. The molecule has 0 saturated carbocycles. The number of nitrogens with one attached hydrogen (secondary N) is 1. The number of hydrogen-bond acceptors (Lipinski definition) is 4. The first-order valence-corrected chi connectivity index (χ1v) is 8.99. The zero-order valence-electron chi connectivity index (χ0n) is 14.9. The molecule has 0 unspecified atom stereocenters. The predicted octanol–water partition coefficient (Wildman–Crippen LogP) is 3.01. The molecule has 5 nitrogen and oxygen atoms in total. The van der Waals surface area contributed by atoms with Crippen molar-refractivity contribution in [2.45, 2.75) is 25.8 Å². The van der Waals surface area contributed by atoms with Crippen LogP contribution in [0, 0.1) is 12.8 Å². The topological polar surface area (TPSA) is 45.5 Å². The molecule has 0 spiro atoms. The fraction of sp³-hybridized carbons (Fsp3) is 0.400. The van der Waals surface area contributed by atoms with Crippen molar-refractivity contribution >= 4 is 11.5 Å². The number of aromatic nitrogens is 3. The van der Waals surface area contributed by atoms with E-state index in [0.29, 0.717) is 12.0 Å². The largest absolute Gasteiger partial charge is 0.367 e. The second-order valence-corrected chi connectivity index (χ2v) is 7.14. The first-order chi connectivity index (χ1) is 12.2. The highest BCUT2D eigenvalue weighted by molar-refractivity contribution is 5.49. The molecule has 1 saturated heterocycles. The van der Waals surface area contributed by atoms with Crippen molar-refractivity contribution in [2.75, 3.05) is 25.5 Å². The molecule has 0 bridgehead atoms. The van der Waals surface area contributed by atoms with Crippen molar-refractivity contribution in [2.24, 2.45) is 5.92 Å². The van der Waals surface area contributed by atoms with Crippen LogP contribution in [0.4, 0.5) is 5.82 Å². The third kappa shape index (κ3) is 3.51. The minimum absolute atomic E-state index is 0.436. The van der Waals surface area contributed by atoms with E-state index in [4.69, 9.17) is 0 Å². The quantitative estimate of drug-likeness (QED) is 0.796. The summed E-state index contributed by atoms with van der Waals surface area (Å²) < 4.78 is 1.91. The van der Waals surface area contributed by atoms with Gasteiger partial charge in [-0.05, 0) is 44.8 Å². The Bertz CT molecular complexity index is 842. The molecular weight excluding hydrogens is 310 g/mol. The van der Waals surface area contributed by atoms with Gasteiger partial charge in [0.25, 0.3) is 0 Å². The summed E-state index contributed by atoms with van der Waals surface area (Å²) in [5.74, 6) is 1.61. The molecule has 1 fully saturated rings. The van der Waals surface area contributed by atoms with Crippen LogP contribution >= 0.6 is 0 Å². The molecule has 1 aliphatic rings. The molecule has 5 heteroatoms. The van der Waals surface area contributed by atoms with Gasteiger partial charge in [0.2, 0.25) is 0 Å². The highest BCUT2D eigenvalue weighted by Crippen LogP contribution is 2.24. The summed E-state index contributed by atoms with van der Waals surface area (Å²) in [4.78, 5) is 6.98. The molecule has 2 atom stereocenters. The second kappa shape index (κ2) is 6.84. The second-order valence-electron chi connectivity index (χ2n) is 7.14. The molecule has 1 N–H and O–H groups in total. The molecule has 25 heavy (non-hydrogen) atoms. The molecule has 2 aromatic heterocycles. The summed E-state index contributed by atoms with van der Waals surface area (Å²) in [6, 6.07) is 15.3. The standard InChI is InChI=1S/C20H25N5/c1-15-12-20(25-19(22-15)8-10-21-25)23-18-9-11-24(2)14-17(18)13-16-6-4-3-5-7-16/h3-8,10,12,17-18,23H,9,11,13-14H2,1-2H3/t17-,18+/m1/s1. The fourth-order valence-electron chi connectivity index (χ4n) is 3.86. The van der Waals surface area contributed by atoms with E-state index in [1.54, 1.807) is 0 Å². The molecule has 0 aliphatic carbocycles. The number of hydrogen-bond donors (Lipinski definition) is 1. The number of aryl methyl sites for hydroxylation is 1. The van der Waals surface area contributed by atoms with Crippen LogP contribution in [0.1, 0.15) is 17.7 Å². The van der Waals surface area contributed by atoms with Crippen LogP contribution in [0.5, 0.6) is 0 Å². The molecule has 1 aromatic carbocycles. The highest BCUT2D eigenvalue weighted by atomic mass is 15.3. The van der Waals surface area contributed by atoms with Gasteiger partial charge < -0.3 is 10.2 Å². The van der Waals surface area contributed by atoms with E-state index in [2.05, 4.69) is 63.7 Å². The Kier molecular flexibility index (Phi) is 4.40. The Labute approximate surface area is 148 Å². The lowest BCUT2D eigenvalue weighted by Crippen LogP contribution is -2.45. The Morgan fingerprint density at radius 1 is 1.20 bits per heavy atom. The monoisotopic (exact) mass is 335 g/mol. The van der Waals surface area contributed by atoms with Crippen molar-refractivity contribution in [1.82, 2.24) is 19.5 Å². The van der Waals surface area contributed by atoms with Crippen molar-refractivity contribution in [3.05, 3.63) is 59.9 Å². The van der Waals surface area contributed by atoms with Gasteiger partial charge in [-0.3, -0.25) is 0 Å². The van der Waals surface area contributed by atoms with Gasteiger partial charge in [0.15, 0.2) is 5.65 Å². The summed E-state index contributed by atoms with van der Waals surface area (Å²) in [6.07, 6.45) is 4.04. The van der Waals surface area contributed by atoms with Crippen LogP contribution in [-0.4, -0.2) is 45.7 Å². The summed E-state index contributed by atoms with van der Waals surface area (Å²) in [7, 11) is 2.22. The third-order valence-electron chi connectivity index (χ3n) is 5.10. The maximum Gasteiger partial charge on any atom is 0.157 e. The fourth-order valence-corrected chi connectivity index (χ4v) is 3.86. The highest BCUT2D eigenvalue weighted by Gasteiger charge is 2.28. The lowest BCUT2D eigenvalue weighted by Gasteiger charge is -2.38. The average Bonchev–Trinajstić information content (AvgIpc) is 3.06. The zero-order chi connectivity index (χ0) is 17.2. The van der Waals surface area contributed by atoms with Crippen molar-refractivity contribution in [3.8, 4) is 0 Å². The SMILES string of the molecule is Cc1cc(N[C@H]2CCN(C)C[C@H]2Cc2ccccc2)n2nccc2n1. The van der Waals surface area contributed by atoms with Crippen LogP contribution in [0.15, 0.2) is 48.7 Å². The predicted molar refractivity (Wildman–Crippen MR) is 101 cm³/mol. The maximum atomic E-state index is 4.54. The number of piperidine rings is 1. The van der Waals surface area contributed by atoms with Crippen LogP contribution in [-0.2, 0) is 6.42 Å². The lowest BCUT2D eigenvalue weighted by molar-refractivity contribution is 0.193. The van der Waals surface area contributed by atoms with Gasteiger partial charge >= 0.3 is 0 Å². The van der Waals surface area contributed by atoms with Crippen LogP contribution in [0.3, 0.4) is 0 Å². The van der Waals surface area contributed by atoms with Gasteiger partial charge in [0, 0.05) is 30.4 Å². The number of nitrogens with zero attached hydrogens (tertiary/aromatic N) is 4. The van der Waals surface area contributed by atoms with Gasteiger partial charge in [-0.2, -0.15) is 9.61 Å². The Balaban J connectivity index is 1.59. The number of rotatable bonds is 4. The van der Waals surface area contributed by atoms with Gasteiger partial charge in [-0.15, -0.1) is 0 Å². The number of likely N-dealkylation sites (tertiary alicyclic amines) is 1. The Morgan fingerprint density at radius 2 is 2.04 bits per heavy atom. The van der Waals surface area contributed by atoms with E-state index in [1.165, 1.54) is 5.56 Å².